The van der Waals surface area contributed by atoms with Crippen molar-refractivity contribution in [1.29, 1.82) is 0 Å². The molecule has 1 amide bonds. The summed E-state index contributed by atoms with van der Waals surface area (Å²) in [6.07, 6.45) is 1.59. The lowest BCUT2D eigenvalue weighted by Crippen LogP contribution is -2.15. The van der Waals surface area contributed by atoms with E-state index in [9.17, 15) is 18.0 Å². The molecule has 0 aliphatic rings. The number of anilines is 3. The number of hydrogen-bond acceptors (Lipinski definition) is 5. The second-order valence-corrected chi connectivity index (χ2v) is 9.22. The molecule has 10 heteroatoms. The number of benzene rings is 3. The van der Waals surface area contributed by atoms with Crippen LogP contribution in [0.25, 0.3) is 28.0 Å². The molecule has 41 heavy (non-hydrogen) atoms. The van der Waals surface area contributed by atoms with Gasteiger partial charge in [-0.1, -0.05) is 30.3 Å². The molecule has 0 radical (unpaired) electrons. The molecule has 6 aromatic rings. The first-order valence-corrected chi connectivity index (χ1v) is 12.6. The van der Waals surface area contributed by atoms with Gasteiger partial charge >= 0.3 is 0 Å². The minimum absolute atomic E-state index is 0.263. The summed E-state index contributed by atoms with van der Waals surface area (Å²) in [5.74, 6) is -2.95. The maximum absolute atomic E-state index is 14.2. The van der Waals surface area contributed by atoms with E-state index in [0.717, 1.165) is 23.3 Å². The number of pyridine rings is 1. The summed E-state index contributed by atoms with van der Waals surface area (Å²) in [6, 6.07) is 23.5. The highest BCUT2D eigenvalue weighted by Gasteiger charge is 2.21. The monoisotopic (exact) mass is 550 g/mol. The average molecular weight is 551 g/mol. The smallest absolute Gasteiger partial charge is 0.261 e. The van der Waals surface area contributed by atoms with Crippen molar-refractivity contribution in [3.63, 3.8) is 0 Å². The van der Waals surface area contributed by atoms with Crippen LogP contribution in [-0.4, -0.2) is 25.5 Å². The molecule has 0 saturated carbocycles. The first-order chi connectivity index (χ1) is 19.9. The van der Waals surface area contributed by atoms with Crippen LogP contribution in [0.5, 0.6) is 0 Å². The van der Waals surface area contributed by atoms with Crippen molar-refractivity contribution in [2.24, 2.45) is 0 Å². The third kappa shape index (κ3) is 5.10. The van der Waals surface area contributed by atoms with Gasteiger partial charge in [0.15, 0.2) is 0 Å². The minimum Gasteiger partial charge on any atom is -0.324 e. The first-order valence-electron chi connectivity index (χ1n) is 12.6. The van der Waals surface area contributed by atoms with Gasteiger partial charge in [-0.2, -0.15) is 5.10 Å². The Labute approximate surface area is 232 Å². The number of halogens is 3. The number of nitrogens with zero attached hydrogens (tertiary/aromatic N) is 4. The van der Waals surface area contributed by atoms with Crippen LogP contribution in [0.1, 0.15) is 16.1 Å². The van der Waals surface area contributed by atoms with E-state index >= 15 is 0 Å². The van der Waals surface area contributed by atoms with Crippen LogP contribution in [0.3, 0.4) is 0 Å². The van der Waals surface area contributed by atoms with Gasteiger partial charge < -0.3 is 10.6 Å². The van der Waals surface area contributed by atoms with Crippen LogP contribution in [0.4, 0.5) is 30.5 Å². The van der Waals surface area contributed by atoms with Crippen molar-refractivity contribution in [3.8, 4) is 22.5 Å². The second-order valence-electron chi connectivity index (χ2n) is 9.22. The number of rotatable bonds is 6. The summed E-state index contributed by atoms with van der Waals surface area (Å²) >= 11 is 0. The molecule has 202 valence electrons. The zero-order chi connectivity index (χ0) is 28.5. The predicted octanol–water partition coefficient (Wildman–Crippen LogP) is 7.18. The number of aryl methyl sites for hydroxylation is 1. The molecule has 0 spiro atoms. The predicted molar refractivity (Wildman–Crippen MR) is 150 cm³/mol. The van der Waals surface area contributed by atoms with E-state index < -0.39 is 28.9 Å². The summed E-state index contributed by atoms with van der Waals surface area (Å²) in [4.78, 5) is 21.7. The molecule has 2 N–H and O–H groups in total. The molecule has 3 aromatic carbocycles. The maximum atomic E-state index is 14.2. The highest BCUT2D eigenvalue weighted by atomic mass is 19.1. The van der Waals surface area contributed by atoms with Crippen LogP contribution in [0, 0.1) is 24.4 Å². The Morgan fingerprint density at radius 2 is 1.56 bits per heavy atom. The van der Waals surface area contributed by atoms with Gasteiger partial charge in [-0.3, -0.25) is 4.79 Å². The van der Waals surface area contributed by atoms with Crippen molar-refractivity contribution in [2.75, 3.05) is 10.6 Å². The molecule has 6 rings (SSSR count). The summed E-state index contributed by atoms with van der Waals surface area (Å²) in [5.41, 5.74) is 4.25. The minimum atomic E-state index is -0.955. The molecule has 0 atom stereocenters. The van der Waals surface area contributed by atoms with Crippen molar-refractivity contribution in [2.45, 2.75) is 6.92 Å². The SMILES string of the molecule is Cc1cccc2c(-c3ccnc(Nc4cccc(F)c4)n3)c(-c3cccc(NC(=O)c4c(F)cccc4F)c3)nn12. The van der Waals surface area contributed by atoms with E-state index in [1.54, 1.807) is 47.1 Å². The molecule has 3 heterocycles. The van der Waals surface area contributed by atoms with Gasteiger partial charge in [-0.25, -0.2) is 27.7 Å². The zero-order valence-electron chi connectivity index (χ0n) is 21.6. The Balaban J connectivity index is 1.42. The fraction of sp³-hybridized carbons (Fsp3) is 0.0323. The Kier molecular flexibility index (Phi) is 6.64. The molecule has 0 bridgehead atoms. The standard InChI is InChI=1S/C31H21F3N6O/c1-18-6-2-13-26-28(25-14-15-35-31(38-25)37-22-10-4-8-20(32)17-22)29(39-40(18)26)19-7-3-9-21(16-19)36-30(41)27-23(33)11-5-12-24(27)34/h2-17H,1H3,(H,36,41)(H,35,37,38). The maximum Gasteiger partial charge on any atom is 0.261 e. The Hall–Kier alpha value is -5.51. The van der Waals surface area contributed by atoms with Crippen LogP contribution in [-0.2, 0) is 0 Å². The number of amides is 1. The van der Waals surface area contributed by atoms with Crippen LogP contribution in [0.2, 0.25) is 0 Å². The first kappa shape index (κ1) is 25.8. The molecule has 0 aliphatic carbocycles. The third-order valence-corrected chi connectivity index (χ3v) is 6.42. The topological polar surface area (TPSA) is 84.2 Å². The number of carbonyl (C=O) groups is 1. The highest BCUT2D eigenvalue weighted by molar-refractivity contribution is 6.05. The average Bonchev–Trinajstić information content (AvgIpc) is 3.34. The fourth-order valence-corrected chi connectivity index (χ4v) is 4.56. The molecule has 0 unspecified atom stereocenters. The van der Waals surface area contributed by atoms with Crippen LogP contribution < -0.4 is 10.6 Å². The Bertz CT molecular complexity index is 1920. The van der Waals surface area contributed by atoms with Crippen molar-refractivity contribution in [1.82, 2.24) is 19.6 Å². The van der Waals surface area contributed by atoms with Crippen molar-refractivity contribution >= 4 is 28.7 Å². The lowest BCUT2D eigenvalue weighted by atomic mass is 10.0. The normalized spacial score (nSPS) is 11.0. The molecule has 0 saturated heterocycles. The number of carbonyl (C=O) groups excluding carboxylic acids is 1. The molecule has 0 fully saturated rings. The van der Waals surface area contributed by atoms with Gasteiger partial charge in [0.2, 0.25) is 5.95 Å². The summed E-state index contributed by atoms with van der Waals surface area (Å²) in [7, 11) is 0. The largest absolute Gasteiger partial charge is 0.324 e. The van der Waals surface area contributed by atoms with Crippen molar-refractivity contribution in [3.05, 3.63) is 126 Å². The van der Waals surface area contributed by atoms with E-state index in [1.165, 1.54) is 18.2 Å². The quantitative estimate of drug-likeness (QED) is 0.230. The molecular weight excluding hydrogens is 529 g/mol. The number of hydrogen-bond donors (Lipinski definition) is 2. The van der Waals surface area contributed by atoms with Gasteiger partial charge in [0.25, 0.3) is 5.91 Å². The van der Waals surface area contributed by atoms with E-state index in [4.69, 9.17) is 5.10 Å². The van der Waals surface area contributed by atoms with E-state index in [0.29, 0.717) is 33.9 Å². The van der Waals surface area contributed by atoms with E-state index in [1.807, 2.05) is 31.2 Å². The Morgan fingerprint density at radius 3 is 2.37 bits per heavy atom. The summed E-state index contributed by atoms with van der Waals surface area (Å²) < 4.78 is 43.9. The highest BCUT2D eigenvalue weighted by Crippen LogP contribution is 2.36. The van der Waals surface area contributed by atoms with E-state index in [-0.39, 0.29) is 5.95 Å². The lowest BCUT2D eigenvalue weighted by Gasteiger charge is -2.10. The van der Waals surface area contributed by atoms with Gasteiger partial charge in [0, 0.05) is 28.8 Å². The van der Waals surface area contributed by atoms with Crippen LogP contribution >= 0.6 is 0 Å². The molecule has 3 aromatic heterocycles. The molecule has 7 nitrogen and oxygen atoms in total. The van der Waals surface area contributed by atoms with Gasteiger partial charge in [-0.05, 0) is 67.6 Å². The summed E-state index contributed by atoms with van der Waals surface area (Å²) in [6.45, 7) is 1.92. The van der Waals surface area contributed by atoms with Gasteiger partial charge in [0.05, 0.1) is 16.8 Å². The zero-order valence-corrected chi connectivity index (χ0v) is 21.6. The van der Waals surface area contributed by atoms with E-state index in [2.05, 4.69) is 20.6 Å². The number of aromatic nitrogens is 4. The molecular formula is C31H21F3N6O. The fourth-order valence-electron chi connectivity index (χ4n) is 4.56. The third-order valence-electron chi connectivity index (χ3n) is 6.42. The van der Waals surface area contributed by atoms with Crippen molar-refractivity contribution < 1.29 is 18.0 Å². The molecule has 0 aliphatic heterocycles. The lowest BCUT2D eigenvalue weighted by molar-refractivity contribution is 0.101. The van der Waals surface area contributed by atoms with Gasteiger partial charge in [-0.15, -0.1) is 0 Å². The summed E-state index contributed by atoms with van der Waals surface area (Å²) in [5, 5.41) is 10.4. The van der Waals surface area contributed by atoms with Gasteiger partial charge in [0.1, 0.15) is 28.7 Å². The number of nitrogens with one attached hydrogen (secondary N) is 2. The number of fused-ring (bicyclic) bond motifs is 1. The second kappa shape index (κ2) is 10.6. The Morgan fingerprint density at radius 1 is 0.829 bits per heavy atom. The van der Waals surface area contributed by atoms with Crippen LogP contribution in [0.15, 0.2) is 97.2 Å².